The summed E-state index contributed by atoms with van der Waals surface area (Å²) in [5.41, 5.74) is 1.53. The minimum absolute atomic E-state index is 0.206. The SMILES string of the molecule is O=C(C1CC12CCNCC2)N1CCSCC1c1ccc(Cl)cc1. The van der Waals surface area contributed by atoms with E-state index >= 15 is 0 Å². The molecule has 1 N–H and O–H groups in total. The first kappa shape index (κ1) is 15.8. The molecule has 1 aromatic carbocycles. The second-order valence-corrected chi connectivity index (χ2v) is 8.63. The minimum Gasteiger partial charge on any atom is -0.334 e. The van der Waals surface area contributed by atoms with Crippen LogP contribution in [0.1, 0.15) is 30.9 Å². The number of rotatable bonds is 2. The maximum absolute atomic E-state index is 13.2. The quantitative estimate of drug-likeness (QED) is 0.887. The zero-order valence-corrected chi connectivity index (χ0v) is 14.8. The van der Waals surface area contributed by atoms with Gasteiger partial charge < -0.3 is 10.2 Å². The number of carbonyl (C=O) groups excluding carboxylic acids is 1. The molecule has 4 rings (SSSR count). The Morgan fingerprint density at radius 2 is 2.00 bits per heavy atom. The lowest BCUT2D eigenvalue weighted by molar-refractivity contribution is -0.135. The standard InChI is InChI=1S/C18H23ClN2OS/c19-14-3-1-13(2-4-14)16-12-23-10-9-21(16)17(22)15-11-18(15)5-7-20-8-6-18/h1-4,15-16,20H,5-12H2. The third kappa shape index (κ3) is 3.01. The Labute approximate surface area is 147 Å². The van der Waals surface area contributed by atoms with Gasteiger partial charge in [0.25, 0.3) is 0 Å². The summed E-state index contributed by atoms with van der Waals surface area (Å²) in [5.74, 6) is 2.71. The van der Waals surface area contributed by atoms with E-state index in [0.29, 0.717) is 11.3 Å². The van der Waals surface area contributed by atoms with Crippen LogP contribution < -0.4 is 5.32 Å². The predicted molar refractivity (Wildman–Crippen MR) is 95.9 cm³/mol. The summed E-state index contributed by atoms with van der Waals surface area (Å²) in [6.07, 6.45) is 3.43. The van der Waals surface area contributed by atoms with Gasteiger partial charge in [-0.15, -0.1) is 0 Å². The average molecular weight is 351 g/mol. The number of nitrogens with zero attached hydrogens (tertiary/aromatic N) is 1. The van der Waals surface area contributed by atoms with Gasteiger partial charge in [0.15, 0.2) is 0 Å². The Bertz CT molecular complexity index is 585. The lowest BCUT2D eigenvalue weighted by Crippen LogP contribution is -2.43. The summed E-state index contributed by atoms with van der Waals surface area (Å²) in [6, 6.07) is 8.23. The first-order valence-electron chi connectivity index (χ1n) is 8.54. The van der Waals surface area contributed by atoms with Crippen LogP contribution in [0.25, 0.3) is 0 Å². The van der Waals surface area contributed by atoms with E-state index in [-0.39, 0.29) is 12.0 Å². The van der Waals surface area contributed by atoms with Crippen LogP contribution in [0.4, 0.5) is 0 Å². The molecule has 1 saturated carbocycles. The van der Waals surface area contributed by atoms with Crippen molar-refractivity contribution in [2.75, 3.05) is 31.1 Å². The van der Waals surface area contributed by atoms with Crippen LogP contribution in [-0.4, -0.2) is 41.9 Å². The summed E-state index contributed by atoms with van der Waals surface area (Å²) in [5, 5.41) is 4.17. The summed E-state index contributed by atoms with van der Waals surface area (Å²) >= 11 is 7.96. The number of carbonyl (C=O) groups is 1. The molecule has 1 spiro atoms. The Hall–Kier alpha value is -0.710. The molecule has 3 nitrogen and oxygen atoms in total. The Morgan fingerprint density at radius 3 is 2.74 bits per heavy atom. The van der Waals surface area contributed by atoms with Gasteiger partial charge in [0.1, 0.15) is 0 Å². The van der Waals surface area contributed by atoms with E-state index in [1.165, 1.54) is 5.56 Å². The molecule has 124 valence electrons. The molecule has 2 saturated heterocycles. The van der Waals surface area contributed by atoms with Crippen molar-refractivity contribution in [1.82, 2.24) is 10.2 Å². The zero-order chi connectivity index (χ0) is 15.9. The predicted octanol–water partition coefficient (Wildman–Crippen LogP) is 3.35. The molecule has 2 unspecified atom stereocenters. The number of hydrogen-bond acceptors (Lipinski definition) is 3. The summed E-state index contributed by atoms with van der Waals surface area (Å²) in [4.78, 5) is 15.3. The third-order valence-corrected chi connectivity index (χ3v) is 7.03. The number of benzene rings is 1. The summed E-state index contributed by atoms with van der Waals surface area (Å²) in [7, 11) is 0. The van der Waals surface area contributed by atoms with Gasteiger partial charge in [0.05, 0.1) is 6.04 Å². The molecule has 1 amide bonds. The summed E-state index contributed by atoms with van der Waals surface area (Å²) < 4.78 is 0. The Kier molecular flexibility index (Phi) is 4.33. The minimum atomic E-state index is 0.206. The first-order valence-corrected chi connectivity index (χ1v) is 10.1. The molecular weight excluding hydrogens is 328 g/mol. The van der Waals surface area contributed by atoms with Gasteiger partial charge in [0, 0.05) is 29.0 Å². The maximum Gasteiger partial charge on any atom is 0.226 e. The van der Waals surface area contributed by atoms with Crippen LogP contribution >= 0.6 is 23.4 Å². The van der Waals surface area contributed by atoms with E-state index in [2.05, 4.69) is 22.3 Å². The highest BCUT2D eigenvalue weighted by Crippen LogP contribution is 2.59. The number of piperidine rings is 1. The molecule has 0 radical (unpaired) electrons. The molecule has 3 fully saturated rings. The first-order chi connectivity index (χ1) is 11.2. The highest BCUT2D eigenvalue weighted by atomic mass is 35.5. The molecule has 1 aromatic rings. The van der Waals surface area contributed by atoms with Crippen molar-refractivity contribution in [3.63, 3.8) is 0 Å². The van der Waals surface area contributed by atoms with Gasteiger partial charge in [-0.25, -0.2) is 0 Å². The van der Waals surface area contributed by atoms with Crippen molar-refractivity contribution in [2.45, 2.75) is 25.3 Å². The number of halogens is 1. The van der Waals surface area contributed by atoms with Gasteiger partial charge in [-0.05, 0) is 55.5 Å². The Morgan fingerprint density at radius 1 is 1.26 bits per heavy atom. The summed E-state index contributed by atoms with van der Waals surface area (Å²) in [6.45, 7) is 3.02. The van der Waals surface area contributed by atoms with Crippen molar-refractivity contribution in [3.8, 4) is 0 Å². The molecule has 2 atom stereocenters. The molecule has 23 heavy (non-hydrogen) atoms. The second kappa shape index (κ2) is 6.30. The van der Waals surface area contributed by atoms with E-state index in [0.717, 1.165) is 55.4 Å². The van der Waals surface area contributed by atoms with E-state index in [1.54, 1.807) is 0 Å². The lowest BCUT2D eigenvalue weighted by atomic mass is 9.91. The van der Waals surface area contributed by atoms with Gasteiger partial charge in [0.2, 0.25) is 5.91 Å². The molecule has 2 heterocycles. The number of thioether (sulfide) groups is 1. The molecule has 5 heteroatoms. The monoisotopic (exact) mass is 350 g/mol. The fraction of sp³-hybridized carbons (Fsp3) is 0.611. The van der Waals surface area contributed by atoms with Gasteiger partial charge in [-0.2, -0.15) is 11.8 Å². The van der Waals surface area contributed by atoms with E-state index in [9.17, 15) is 4.79 Å². The second-order valence-electron chi connectivity index (χ2n) is 7.04. The van der Waals surface area contributed by atoms with Crippen molar-refractivity contribution in [3.05, 3.63) is 34.9 Å². The van der Waals surface area contributed by atoms with Crippen LogP contribution in [0.5, 0.6) is 0 Å². The smallest absolute Gasteiger partial charge is 0.226 e. The van der Waals surface area contributed by atoms with Crippen molar-refractivity contribution in [1.29, 1.82) is 0 Å². The molecule has 3 aliphatic rings. The topological polar surface area (TPSA) is 32.3 Å². The van der Waals surface area contributed by atoms with Crippen LogP contribution in [0.3, 0.4) is 0 Å². The largest absolute Gasteiger partial charge is 0.334 e. The fourth-order valence-electron chi connectivity index (χ4n) is 4.20. The van der Waals surface area contributed by atoms with Crippen LogP contribution in [0.2, 0.25) is 5.02 Å². The molecular formula is C18H23ClN2OS. The molecule has 1 aliphatic carbocycles. The van der Waals surface area contributed by atoms with E-state index in [1.807, 2.05) is 23.9 Å². The van der Waals surface area contributed by atoms with Crippen molar-refractivity contribution >= 4 is 29.3 Å². The zero-order valence-electron chi connectivity index (χ0n) is 13.3. The van der Waals surface area contributed by atoms with Gasteiger partial charge >= 0.3 is 0 Å². The van der Waals surface area contributed by atoms with Crippen LogP contribution in [-0.2, 0) is 4.79 Å². The molecule has 0 aromatic heterocycles. The van der Waals surface area contributed by atoms with Crippen molar-refractivity contribution < 1.29 is 4.79 Å². The van der Waals surface area contributed by atoms with Crippen LogP contribution in [0.15, 0.2) is 24.3 Å². The van der Waals surface area contributed by atoms with E-state index < -0.39 is 0 Å². The highest BCUT2D eigenvalue weighted by Gasteiger charge is 2.59. The third-order valence-electron chi connectivity index (χ3n) is 5.75. The molecule has 2 aliphatic heterocycles. The highest BCUT2D eigenvalue weighted by molar-refractivity contribution is 7.99. The number of hydrogen-bond donors (Lipinski definition) is 1. The van der Waals surface area contributed by atoms with E-state index in [4.69, 9.17) is 11.6 Å². The van der Waals surface area contributed by atoms with Crippen LogP contribution in [0, 0.1) is 11.3 Å². The molecule has 0 bridgehead atoms. The van der Waals surface area contributed by atoms with Gasteiger partial charge in [-0.3, -0.25) is 4.79 Å². The lowest BCUT2D eigenvalue weighted by Gasteiger charge is -2.37. The normalized spacial score (nSPS) is 29.5. The number of nitrogens with one attached hydrogen (secondary N) is 1. The maximum atomic E-state index is 13.2. The van der Waals surface area contributed by atoms with Gasteiger partial charge in [-0.1, -0.05) is 23.7 Å². The fourth-order valence-corrected chi connectivity index (χ4v) is 5.42. The number of amides is 1. The Balaban J connectivity index is 1.51. The van der Waals surface area contributed by atoms with Crippen molar-refractivity contribution in [2.24, 2.45) is 11.3 Å². The average Bonchev–Trinajstić information content (AvgIpc) is 3.28.